The summed E-state index contributed by atoms with van der Waals surface area (Å²) in [6.45, 7) is 8.26. The van der Waals surface area contributed by atoms with Gasteiger partial charge in [-0.25, -0.2) is 4.98 Å². The van der Waals surface area contributed by atoms with Crippen LogP contribution in [0.1, 0.15) is 11.3 Å². The summed E-state index contributed by atoms with van der Waals surface area (Å²) in [5, 5.41) is 5.50. The normalized spacial score (nSPS) is 9.22. The fraction of sp³-hybridized carbons (Fsp3) is 0.143. The molecule has 0 saturated heterocycles. The molecule has 2 aromatic rings. The molecule has 0 amide bonds. The highest BCUT2D eigenvalue weighted by molar-refractivity contribution is 5.68. The lowest BCUT2D eigenvalue weighted by Crippen LogP contribution is -1.90. The van der Waals surface area contributed by atoms with Crippen LogP contribution in [0.3, 0.4) is 0 Å². The molecular formula is C14H17N3O. The minimum Gasteiger partial charge on any atom is -0.481 e. The summed E-state index contributed by atoms with van der Waals surface area (Å²) in [4.78, 5) is 7.34. The molecule has 0 bridgehead atoms. The molecule has 2 N–H and O–H groups in total. The van der Waals surface area contributed by atoms with Crippen molar-refractivity contribution >= 4 is 12.8 Å². The first-order valence-electron chi connectivity index (χ1n) is 5.42. The van der Waals surface area contributed by atoms with E-state index in [-0.39, 0.29) is 0 Å². The summed E-state index contributed by atoms with van der Waals surface area (Å²) < 4.78 is 5.08. The van der Waals surface area contributed by atoms with E-state index in [2.05, 4.69) is 23.3 Å². The Morgan fingerprint density at radius 2 is 2.11 bits per heavy atom. The Balaban J connectivity index is 0.000000771. The predicted molar refractivity (Wildman–Crippen MR) is 75.2 cm³/mol. The van der Waals surface area contributed by atoms with E-state index >= 15 is 0 Å². The van der Waals surface area contributed by atoms with Crippen LogP contribution in [0.4, 0.5) is 0 Å². The molecule has 0 radical (unpaired) electrons. The maximum absolute atomic E-state index is 5.50. The van der Waals surface area contributed by atoms with Gasteiger partial charge in [0.1, 0.15) is 0 Å². The van der Waals surface area contributed by atoms with Crippen molar-refractivity contribution in [1.29, 1.82) is 5.41 Å². The molecule has 0 aliphatic heterocycles. The quantitative estimate of drug-likeness (QED) is 0.812. The second kappa shape index (κ2) is 6.39. The van der Waals surface area contributed by atoms with Gasteiger partial charge in [0, 0.05) is 35.3 Å². The lowest BCUT2D eigenvalue weighted by molar-refractivity contribution is 0.397. The molecule has 0 unspecified atom stereocenters. The van der Waals surface area contributed by atoms with Crippen LogP contribution in [-0.4, -0.2) is 23.8 Å². The van der Waals surface area contributed by atoms with Crippen molar-refractivity contribution in [1.82, 2.24) is 9.97 Å². The van der Waals surface area contributed by atoms with Gasteiger partial charge in [-0.1, -0.05) is 6.58 Å². The van der Waals surface area contributed by atoms with Gasteiger partial charge in [-0.3, -0.25) is 0 Å². The maximum atomic E-state index is 5.50. The van der Waals surface area contributed by atoms with Crippen LogP contribution in [-0.2, 0) is 0 Å². The van der Waals surface area contributed by atoms with Gasteiger partial charge < -0.3 is 15.1 Å². The number of nitrogens with one attached hydrogen (secondary N) is 2. The Morgan fingerprint density at radius 3 is 2.61 bits per heavy atom. The van der Waals surface area contributed by atoms with Gasteiger partial charge in [-0.2, -0.15) is 0 Å². The van der Waals surface area contributed by atoms with Crippen LogP contribution < -0.4 is 4.74 Å². The van der Waals surface area contributed by atoms with Crippen molar-refractivity contribution < 1.29 is 4.74 Å². The van der Waals surface area contributed by atoms with Crippen LogP contribution in [0.2, 0.25) is 0 Å². The molecular weight excluding hydrogens is 226 g/mol. The molecule has 0 atom stereocenters. The molecule has 2 rings (SSSR count). The first-order chi connectivity index (χ1) is 8.74. The van der Waals surface area contributed by atoms with E-state index in [0.29, 0.717) is 5.88 Å². The van der Waals surface area contributed by atoms with Gasteiger partial charge in [0.05, 0.1) is 7.11 Å². The predicted octanol–water partition coefficient (Wildman–Crippen LogP) is 3.30. The molecule has 0 saturated carbocycles. The Hall–Kier alpha value is -2.36. The summed E-state index contributed by atoms with van der Waals surface area (Å²) in [6.07, 6.45) is 5.56. The Labute approximate surface area is 107 Å². The first kappa shape index (κ1) is 13.7. The summed E-state index contributed by atoms with van der Waals surface area (Å²) in [6, 6.07) is 3.97. The highest BCUT2D eigenvalue weighted by Crippen LogP contribution is 2.25. The number of methoxy groups -OCH3 is 1. The Bertz CT molecular complexity index is 532. The average molecular weight is 243 g/mol. The van der Waals surface area contributed by atoms with Crippen LogP contribution in [0, 0.1) is 12.3 Å². The minimum absolute atomic E-state index is 0.640. The molecule has 0 aliphatic rings. The van der Waals surface area contributed by atoms with Gasteiger partial charge in [-0.15, -0.1) is 0 Å². The Kier molecular flexibility index (Phi) is 4.87. The average Bonchev–Trinajstić information content (AvgIpc) is 2.89. The van der Waals surface area contributed by atoms with E-state index in [9.17, 15) is 0 Å². The molecule has 4 heteroatoms. The number of nitrogens with zero attached hydrogens (tertiary/aromatic N) is 1. The Morgan fingerprint density at radius 1 is 1.39 bits per heavy atom. The maximum Gasteiger partial charge on any atom is 0.213 e. The zero-order chi connectivity index (χ0) is 13.5. The molecule has 2 heterocycles. The number of aryl methyl sites for hydroxylation is 1. The summed E-state index contributed by atoms with van der Waals surface area (Å²) in [5.74, 6) is 0.640. The lowest BCUT2D eigenvalue weighted by atomic mass is 10.1. The van der Waals surface area contributed by atoms with E-state index < -0.39 is 0 Å². The van der Waals surface area contributed by atoms with Gasteiger partial charge in [0.2, 0.25) is 5.88 Å². The summed E-state index contributed by atoms with van der Waals surface area (Å²) >= 11 is 0. The molecule has 94 valence electrons. The van der Waals surface area contributed by atoms with E-state index in [1.165, 1.54) is 0 Å². The van der Waals surface area contributed by atoms with Crippen molar-refractivity contribution in [2.45, 2.75) is 6.92 Å². The molecule has 0 aromatic carbocycles. The zero-order valence-corrected chi connectivity index (χ0v) is 10.7. The van der Waals surface area contributed by atoms with Crippen molar-refractivity contribution in [2.24, 2.45) is 0 Å². The van der Waals surface area contributed by atoms with E-state index in [0.717, 1.165) is 22.4 Å². The van der Waals surface area contributed by atoms with Crippen LogP contribution in [0.5, 0.6) is 5.88 Å². The highest BCUT2D eigenvalue weighted by atomic mass is 16.5. The molecule has 18 heavy (non-hydrogen) atoms. The fourth-order valence-corrected chi connectivity index (χ4v) is 1.63. The van der Waals surface area contributed by atoms with E-state index in [4.69, 9.17) is 10.1 Å². The van der Waals surface area contributed by atoms with E-state index in [1.54, 1.807) is 13.2 Å². The topological polar surface area (TPSA) is 61.8 Å². The van der Waals surface area contributed by atoms with Crippen molar-refractivity contribution in [3.8, 4) is 17.0 Å². The van der Waals surface area contributed by atoms with Crippen LogP contribution >= 0.6 is 0 Å². The van der Waals surface area contributed by atoms with Gasteiger partial charge >= 0.3 is 0 Å². The molecule has 4 nitrogen and oxygen atoms in total. The highest BCUT2D eigenvalue weighted by Gasteiger charge is 2.05. The van der Waals surface area contributed by atoms with Crippen molar-refractivity contribution in [3.05, 3.63) is 42.4 Å². The first-order valence-corrected chi connectivity index (χ1v) is 5.42. The number of hydrogen-bond donors (Lipinski definition) is 2. The number of rotatable bonds is 3. The lowest BCUT2D eigenvalue weighted by Gasteiger charge is -2.04. The third kappa shape index (κ3) is 2.85. The molecule has 0 aliphatic carbocycles. The number of ether oxygens (including phenoxy) is 1. The third-order valence-corrected chi connectivity index (χ3v) is 2.53. The summed E-state index contributed by atoms with van der Waals surface area (Å²) in [7, 11) is 1.62. The van der Waals surface area contributed by atoms with Crippen molar-refractivity contribution in [3.63, 3.8) is 0 Å². The van der Waals surface area contributed by atoms with Gasteiger partial charge in [-0.05, 0) is 31.3 Å². The standard InChI is InChI=1S/C13H14N2O.CH3N/c1-4-11-6-10(7-14-11)12-8-15-13(16-3)5-9(12)2;1-2/h4-8,14H,1H2,2-3H3;2H,1H2. The number of H-pyrrole nitrogens is 1. The SMILES string of the molecule is C=Cc1cc(-c2cnc(OC)cc2C)c[nH]1.C=N. The monoisotopic (exact) mass is 243 g/mol. The molecule has 2 aromatic heterocycles. The minimum atomic E-state index is 0.640. The number of hydrogen-bond acceptors (Lipinski definition) is 3. The second-order valence-corrected chi connectivity index (χ2v) is 3.59. The smallest absolute Gasteiger partial charge is 0.213 e. The zero-order valence-electron chi connectivity index (χ0n) is 10.7. The number of aromatic amines is 1. The fourth-order valence-electron chi connectivity index (χ4n) is 1.63. The molecule has 0 spiro atoms. The van der Waals surface area contributed by atoms with Crippen LogP contribution in [0.15, 0.2) is 31.1 Å². The van der Waals surface area contributed by atoms with Gasteiger partial charge in [0.25, 0.3) is 0 Å². The van der Waals surface area contributed by atoms with Crippen molar-refractivity contribution in [2.75, 3.05) is 7.11 Å². The largest absolute Gasteiger partial charge is 0.481 e. The number of aromatic nitrogens is 2. The third-order valence-electron chi connectivity index (χ3n) is 2.53. The molecule has 0 fully saturated rings. The summed E-state index contributed by atoms with van der Waals surface area (Å²) in [5.41, 5.74) is 4.36. The van der Waals surface area contributed by atoms with Gasteiger partial charge in [0.15, 0.2) is 0 Å². The number of pyridine rings is 1. The second-order valence-electron chi connectivity index (χ2n) is 3.59. The van der Waals surface area contributed by atoms with E-state index in [1.807, 2.05) is 31.5 Å². The van der Waals surface area contributed by atoms with Crippen LogP contribution in [0.25, 0.3) is 17.2 Å².